The van der Waals surface area contributed by atoms with Gasteiger partial charge in [0.25, 0.3) is 0 Å². The first-order chi connectivity index (χ1) is 15.8. The van der Waals surface area contributed by atoms with E-state index in [-0.39, 0.29) is 60.3 Å². The van der Waals surface area contributed by atoms with Crippen molar-refractivity contribution in [1.29, 1.82) is 0 Å². The van der Waals surface area contributed by atoms with Crippen molar-refractivity contribution in [1.82, 2.24) is 0 Å². The van der Waals surface area contributed by atoms with Crippen LogP contribution in [0, 0.1) is 0 Å². The Morgan fingerprint density at radius 1 is 0.794 bits per heavy atom. The Morgan fingerprint density at radius 3 is 1.65 bits per heavy atom. The average molecular weight is 507 g/mol. The topological polar surface area (TPSA) is 110 Å². The molecule has 0 radical (unpaired) electrons. The molecule has 1 atom stereocenters. The van der Waals surface area contributed by atoms with Gasteiger partial charge in [-0.2, -0.15) is 0 Å². The summed E-state index contributed by atoms with van der Waals surface area (Å²) < 4.78 is 43.1. The maximum atomic E-state index is 12.4. The summed E-state index contributed by atoms with van der Waals surface area (Å²) in [5, 5.41) is -1.16. The van der Waals surface area contributed by atoms with Crippen molar-refractivity contribution in [3.8, 4) is 0 Å². The number of carbonyl (C=O) groups excluding carboxylic acids is 2. The Kier molecular flexibility index (Phi) is 18.8. The molecule has 0 fully saturated rings. The van der Waals surface area contributed by atoms with Crippen molar-refractivity contribution in [3.63, 3.8) is 0 Å². The molecule has 1 aromatic carbocycles. The van der Waals surface area contributed by atoms with Crippen LogP contribution in [0.3, 0.4) is 0 Å². The molecule has 34 heavy (non-hydrogen) atoms. The molecule has 1 unspecified atom stereocenters. The van der Waals surface area contributed by atoms with Crippen LogP contribution >= 0.6 is 0 Å². The molecule has 1 aromatic rings. The monoisotopic (exact) mass is 506 g/mol. The summed E-state index contributed by atoms with van der Waals surface area (Å²) in [6, 6.07) is 6.17. The number of benzene rings is 1. The Balaban J connectivity index is 0.0000109. The molecule has 7 nitrogen and oxygen atoms in total. The van der Waals surface area contributed by atoms with Crippen LogP contribution in [-0.2, 0) is 19.6 Å². The zero-order valence-electron chi connectivity index (χ0n) is 21.1. The van der Waals surface area contributed by atoms with E-state index in [9.17, 15) is 22.6 Å². The number of rotatable bonds is 18. The molecule has 0 saturated heterocycles. The number of hydrogen-bond acceptors (Lipinski definition) is 7. The van der Waals surface area contributed by atoms with Crippen LogP contribution in [0.15, 0.2) is 24.3 Å². The van der Waals surface area contributed by atoms with Crippen LogP contribution in [0.25, 0.3) is 0 Å². The summed E-state index contributed by atoms with van der Waals surface area (Å²) in [4.78, 5) is 24.7. The molecular weight excluding hydrogens is 467 g/mol. The van der Waals surface area contributed by atoms with Crippen LogP contribution in [-0.4, -0.2) is 43.4 Å². The molecule has 0 spiro atoms. The van der Waals surface area contributed by atoms with E-state index in [0.717, 1.165) is 19.3 Å². The van der Waals surface area contributed by atoms with E-state index in [2.05, 4.69) is 6.92 Å². The molecule has 188 valence electrons. The SMILES string of the molecule is CCCCCCCCCCCCCOC(=O)c1ccccc1C(=O)OCCC(C)S(=O)(=O)[O-].[Na+]. The zero-order valence-corrected chi connectivity index (χ0v) is 23.9. The van der Waals surface area contributed by atoms with Gasteiger partial charge in [-0.05, 0) is 31.9 Å². The van der Waals surface area contributed by atoms with Crippen LogP contribution in [0.5, 0.6) is 0 Å². The Bertz CT molecular complexity index is 811. The Hall–Kier alpha value is -0.930. The summed E-state index contributed by atoms with van der Waals surface area (Å²) in [5.41, 5.74) is 0.161. The summed E-state index contributed by atoms with van der Waals surface area (Å²) in [5.74, 6) is -1.35. The van der Waals surface area contributed by atoms with Gasteiger partial charge in [-0.25, -0.2) is 18.0 Å². The first kappa shape index (κ1) is 33.1. The maximum absolute atomic E-state index is 12.4. The van der Waals surface area contributed by atoms with Crippen molar-refractivity contribution in [3.05, 3.63) is 35.4 Å². The third-order valence-electron chi connectivity index (χ3n) is 5.60. The van der Waals surface area contributed by atoms with Gasteiger partial charge in [-0.1, -0.05) is 83.3 Å². The standard InChI is InChI=1S/C25H40O7S.Na/c1-3-4-5-6-7-8-9-10-11-12-15-19-31-24(26)22-16-13-14-17-23(22)25(27)32-20-18-21(2)33(28,29)30;/h13-14,16-17,21H,3-12,15,18-20H2,1-2H3,(H,28,29,30);/q;+1/p-1. The maximum Gasteiger partial charge on any atom is 1.00 e. The third kappa shape index (κ3) is 14.5. The number of esters is 2. The molecule has 0 N–H and O–H groups in total. The first-order valence-electron chi connectivity index (χ1n) is 12.1. The predicted molar refractivity (Wildman–Crippen MR) is 127 cm³/mol. The van der Waals surface area contributed by atoms with E-state index in [1.807, 2.05) is 0 Å². The van der Waals surface area contributed by atoms with Gasteiger partial charge in [-0.3, -0.25) is 0 Å². The number of carbonyl (C=O) groups is 2. The molecule has 0 saturated carbocycles. The Labute approximate surface area is 227 Å². The summed E-state index contributed by atoms with van der Waals surface area (Å²) in [6.45, 7) is 3.54. The van der Waals surface area contributed by atoms with Crippen LogP contribution < -0.4 is 29.6 Å². The molecule has 0 aromatic heterocycles. The van der Waals surface area contributed by atoms with Gasteiger partial charge in [-0.15, -0.1) is 0 Å². The minimum atomic E-state index is -4.43. The zero-order chi connectivity index (χ0) is 24.5. The van der Waals surface area contributed by atoms with Gasteiger partial charge in [0.15, 0.2) is 0 Å². The van der Waals surface area contributed by atoms with E-state index in [1.165, 1.54) is 70.4 Å². The van der Waals surface area contributed by atoms with Crippen molar-refractivity contribution in [2.45, 2.75) is 96.1 Å². The van der Waals surface area contributed by atoms with E-state index in [1.54, 1.807) is 12.1 Å². The summed E-state index contributed by atoms with van der Waals surface area (Å²) >= 11 is 0. The molecule has 0 aliphatic rings. The second-order valence-corrected chi connectivity index (χ2v) is 10.2. The van der Waals surface area contributed by atoms with Gasteiger partial charge < -0.3 is 14.0 Å². The van der Waals surface area contributed by atoms with Gasteiger partial charge in [0.2, 0.25) is 0 Å². The van der Waals surface area contributed by atoms with E-state index < -0.39 is 27.3 Å². The van der Waals surface area contributed by atoms with Gasteiger partial charge in [0.1, 0.15) is 0 Å². The molecule has 0 aliphatic carbocycles. The molecule has 0 amide bonds. The average Bonchev–Trinajstić information content (AvgIpc) is 2.78. The van der Waals surface area contributed by atoms with Crippen molar-refractivity contribution < 1.29 is 61.6 Å². The fourth-order valence-electron chi connectivity index (χ4n) is 3.39. The minimum absolute atomic E-state index is 0. The van der Waals surface area contributed by atoms with E-state index in [4.69, 9.17) is 9.47 Å². The molecule has 0 aliphatic heterocycles. The molecule has 1 rings (SSSR count). The second kappa shape index (κ2) is 19.3. The third-order valence-corrected chi connectivity index (χ3v) is 6.82. The van der Waals surface area contributed by atoms with Gasteiger partial charge >= 0.3 is 41.5 Å². The Morgan fingerprint density at radius 2 is 1.21 bits per heavy atom. The van der Waals surface area contributed by atoms with Crippen LogP contribution in [0.4, 0.5) is 0 Å². The molecule has 0 bridgehead atoms. The van der Waals surface area contributed by atoms with Gasteiger partial charge in [0.05, 0.1) is 34.5 Å². The van der Waals surface area contributed by atoms with Gasteiger partial charge in [0, 0.05) is 5.25 Å². The molecule has 0 heterocycles. The van der Waals surface area contributed by atoms with Crippen molar-refractivity contribution >= 4 is 22.1 Å². The van der Waals surface area contributed by atoms with Crippen LogP contribution in [0.1, 0.15) is 112 Å². The first-order valence-corrected chi connectivity index (χ1v) is 13.6. The van der Waals surface area contributed by atoms with Crippen LogP contribution in [0.2, 0.25) is 0 Å². The number of hydrogen-bond donors (Lipinski definition) is 0. The predicted octanol–water partition coefficient (Wildman–Crippen LogP) is 2.64. The van der Waals surface area contributed by atoms with Crippen molar-refractivity contribution in [2.24, 2.45) is 0 Å². The number of unbranched alkanes of at least 4 members (excludes halogenated alkanes) is 10. The van der Waals surface area contributed by atoms with Crippen molar-refractivity contribution in [2.75, 3.05) is 13.2 Å². The molecular formula is C25H39NaO7S. The minimum Gasteiger partial charge on any atom is -0.748 e. The quantitative estimate of drug-likeness (QED) is 0.130. The largest absolute Gasteiger partial charge is 1.00 e. The fraction of sp³-hybridized carbons (Fsp3) is 0.680. The molecule has 9 heteroatoms. The smallest absolute Gasteiger partial charge is 0.748 e. The second-order valence-electron chi connectivity index (χ2n) is 8.45. The summed E-state index contributed by atoms with van der Waals surface area (Å²) in [6.07, 6.45) is 13.1. The fourth-order valence-corrected chi connectivity index (χ4v) is 3.77. The summed E-state index contributed by atoms with van der Waals surface area (Å²) in [7, 11) is -4.43. The number of ether oxygens (including phenoxy) is 2. The van der Waals surface area contributed by atoms with E-state index >= 15 is 0 Å². The normalized spacial score (nSPS) is 12.0. The van der Waals surface area contributed by atoms with E-state index in [0.29, 0.717) is 0 Å².